The summed E-state index contributed by atoms with van der Waals surface area (Å²) in [4.78, 5) is 16.6. The van der Waals surface area contributed by atoms with E-state index in [4.69, 9.17) is 11.6 Å². The Balaban J connectivity index is 1.54. The Morgan fingerprint density at radius 3 is 2.44 bits per heavy atom. The van der Waals surface area contributed by atoms with Gasteiger partial charge in [0.1, 0.15) is 5.69 Å². The van der Waals surface area contributed by atoms with Gasteiger partial charge < -0.3 is 15.7 Å². The molecule has 3 aromatic rings. The number of anilines is 1. The Morgan fingerprint density at radius 2 is 1.79 bits per heavy atom. The van der Waals surface area contributed by atoms with E-state index in [2.05, 4.69) is 20.7 Å². The number of carbonyl (C=O) groups is 1. The monoisotopic (exact) mass is 577 g/mol. The number of aliphatic hydroxyl groups is 1. The highest BCUT2D eigenvalue weighted by Gasteiger charge is 2.40. The Morgan fingerprint density at radius 1 is 1.10 bits per heavy atom. The van der Waals surface area contributed by atoms with Crippen molar-refractivity contribution < 1.29 is 36.2 Å². The first kappa shape index (κ1) is 28.9. The molecule has 3 N–H and O–H groups in total. The maximum atomic E-state index is 13.6. The van der Waals surface area contributed by atoms with Gasteiger partial charge in [0, 0.05) is 34.4 Å². The summed E-state index contributed by atoms with van der Waals surface area (Å²) in [7, 11) is 0. The van der Waals surface area contributed by atoms with Crippen LogP contribution in [0, 0.1) is 0 Å². The second-order valence-electron chi connectivity index (χ2n) is 10.3. The van der Waals surface area contributed by atoms with Crippen LogP contribution in [0.15, 0.2) is 30.5 Å². The smallest absolute Gasteiger partial charge is 0.389 e. The van der Waals surface area contributed by atoms with Crippen molar-refractivity contribution in [3.8, 4) is 0 Å². The average Bonchev–Trinajstić information content (AvgIpc) is 3.22. The molecule has 0 aliphatic heterocycles. The van der Waals surface area contributed by atoms with Gasteiger partial charge in [0.05, 0.1) is 23.2 Å². The summed E-state index contributed by atoms with van der Waals surface area (Å²) >= 11 is 6.06. The lowest BCUT2D eigenvalue weighted by molar-refractivity contribution is -0.142. The molecule has 39 heavy (non-hydrogen) atoms. The normalized spacial score (nSPS) is 18.8. The van der Waals surface area contributed by atoms with Crippen LogP contribution in [0.3, 0.4) is 0 Å². The van der Waals surface area contributed by atoms with Gasteiger partial charge in [0.25, 0.3) is 5.91 Å². The van der Waals surface area contributed by atoms with Crippen LogP contribution in [0.25, 0.3) is 10.9 Å². The molecule has 4 rings (SSSR count). The van der Waals surface area contributed by atoms with E-state index in [-0.39, 0.29) is 30.2 Å². The molecule has 1 amide bonds. The molecule has 212 valence electrons. The minimum Gasteiger partial charge on any atom is -0.389 e. The molecule has 1 aromatic carbocycles. The summed E-state index contributed by atoms with van der Waals surface area (Å²) in [5.74, 6) is -0.976. The summed E-state index contributed by atoms with van der Waals surface area (Å²) in [6, 6.07) is 4.30. The number of nitrogens with one attached hydrogen (secondary N) is 2. The number of carbonyl (C=O) groups excluding carboxylic acids is 1. The zero-order valence-corrected chi connectivity index (χ0v) is 21.7. The van der Waals surface area contributed by atoms with Gasteiger partial charge >= 0.3 is 12.4 Å². The van der Waals surface area contributed by atoms with Crippen molar-refractivity contribution in [1.29, 1.82) is 0 Å². The lowest BCUT2D eigenvalue weighted by atomic mass is 9.90. The van der Waals surface area contributed by atoms with Crippen LogP contribution in [0.1, 0.15) is 61.3 Å². The molecule has 0 bridgehead atoms. The van der Waals surface area contributed by atoms with Crippen LogP contribution in [0.5, 0.6) is 0 Å². The number of hydrogen-bond donors (Lipinski definition) is 3. The minimum atomic E-state index is -4.89. The molecule has 7 nitrogen and oxygen atoms in total. The highest BCUT2D eigenvalue weighted by molar-refractivity contribution is 6.31. The van der Waals surface area contributed by atoms with E-state index in [0.717, 1.165) is 16.9 Å². The Labute approximate surface area is 224 Å². The molecule has 1 saturated carbocycles. The summed E-state index contributed by atoms with van der Waals surface area (Å²) in [5, 5.41) is 19.8. The van der Waals surface area contributed by atoms with Crippen molar-refractivity contribution >= 4 is 34.1 Å². The van der Waals surface area contributed by atoms with Gasteiger partial charge in [-0.1, -0.05) is 11.6 Å². The third-order valence-electron chi connectivity index (χ3n) is 6.25. The SMILES string of the molecule is CC(C)(O)Cn1cc(C(=O)N[C@@H]2CCC[C@H](Nc3cc(C(F)(F)F)nc4ccc(Cl)cc34)C2)c(C(F)(F)F)n1. The maximum Gasteiger partial charge on any atom is 0.435 e. The zero-order chi connectivity index (χ0) is 28.8. The molecular weight excluding hydrogens is 552 g/mol. The van der Waals surface area contributed by atoms with Crippen molar-refractivity contribution in [1.82, 2.24) is 20.1 Å². The van der Waals surface area contributed by atoms with E-state index in [0.29, 0.717) is 29.7 Å². The van der Waals surface area contributed by atoms with Crippen molar-refractivity contribution in [2.75, 3.05) is 5.32 Å². The number of fused-ring (bicyclic) bond motifs is 1. The predicted octanol–water partition coefficient (Wildman–Crippen LogP) is 6.05. The first-order chi connectivity index (χ1) is 18.0. The molecular formula is C25H26ClF6N5O2. The van der Waals surface area contributed by atoms with Crippen molar-refractivity contribution in [3.63, 3.8) is 0 Å². The van der Waals surface area contributed by atoms with Gasteiger partial charge in [0.15, 0.2) is 5.69 Å². The number of pyridine rings is 1. The van der Waals surface area contributed by atoms with Gasteiger partial charge in [0.2, 0.25) is 0 Å². The summed E-state index contributed by atoms with van der Waals surface area (Å²) in [6.07, 6.45) is -6.76. The largest absolute Gasteiger partial charge is 0.435 e. The number of alkyl halides is 6. The topological polar surface area (TPSA) is 92.1 Å². The van der Waals surface area contributed by atoms with Gasteiger partial charge in [-0.15, -0.1) is 0 Å². The standard InChI is InChI=1S/C25H26ClF6N5O2/c1-23(2,39)12-37-11-17(21(36-37)25(30,31)32)22(38)34-15-5-3-4-14(9-15)33-19-10-20(24(27,28)29)35-18-7-6-13(26)8-16(18)19/h6-8,10-11,14-15,39H,3-5,9,12H2,1-2H3,(H,33,35)(H,34,38)/t14-,15+/m0/s1. The number of aromatic nitrogens is 3. The summed E-state index contributed by atoms with van der Waals surface area (Å²) < 4.78 is 82.0. The molecule has 0 saturated heterocycles. The number of halogens is 7. The van der Waals surface area contributed by atoms with Crippen LogP contribution in [-0.4, -0.2) is 43.5 Å². The van der Waals surface area contributed by atoms with Crippen molar-refractivity contribution in [3.05, 3.63) is 52.4 Å². The zero-order valence-electron chi connectivity index (χ0n) is 20.9. The number of nitrogens with zero attached hydrogens (tertiary/aromatic N) is 3. The second-order valence-corrected chi connectivity index (χ2v) is 10.7. The molecule has 0 unspecified atom stereocenters. The van der Waals surface area contributed by atoms with E-state index >= 15 is 0 Å². The number of amides is 1. The Hall–Kier alpha value is -3.06. The molecule has 1 aliphatic carbocycles. The van der Waals surface area contributed by atoms with Crippen molar-refractivity contribution in [2.24, 2.45) is 0 Å². The molecule has 2 heterocycles. The molecule has 14 heteroatoms. The molecule has 0 spiro atoms. The third kappa shape index (κ3) is 7.13. The summed E-state index contributed by atoms with van der Waals surface area (Å²) in [5.41, 5.74) is -4.22. The lowest BCUT2D eigenvalue weighted by Crippen LogP contribution is -2.42. The van der Waals surface area contributed by atoms with E-state index in [1.165, 1.54) is 32.0 Å². The van der Waals surface area contributed by atoms with E-state index in [1.54, 1.807) is 0 Å². The van der Waals surface area contributed by atoms with E-state index < -0.39 is 46.9 Å². The van der Waals surface area contributed by atoms with Gasteiger partial charge in [-0.25, -0.2) is 4.98 Å². The second kappa shape index (κ2) is 10.5. The number of benzene rings is 1. The summed E-state index contributed by atoms with van der Waals surface area (Å²) in [6.45, 7) is 2.53. The minimum absolute atomic E-state index is 0.0973. The van der Waals surface area contributed by atoms with Crippen LogP contribution >= 0.6 is 11.6 Å². The van der Waals surface area contributed by atoms with E-state index in [1.807, 2.05) is 0 Å². The van der Waals surface area contributed by atoms with E-state index in [9.17, 15) is 36.2 Å². The van der Waals surface area contributed by atoms with Gasteiger partial charge in [-0.2, -0.15) is 31.4 Å². The first-order valence-corrected chi connectivity index (χ1v) is 12.5. The number of rotatable bonds is 6. The maximum absolute atomic E-state index is 13.6. The van der Waals surface area contributed by atoms with Crippen LogP contribution < -0.4 is 10.6 Å². The fraction of sp³-hybridized carbons (Fsp3) is 0.480. The fourth-order valence-electron chi connectivity index (χ4n) is 4.67. The van der Waals surface area contributed by atoms with Crippen LogP contribution in [0.2, 0.25) is 5.02 Å². The first-order valence-electron chi connectivity index (χ1n) is 12.1. The Bertz CT molecular complexity index is 1370. The molecule has 1 fully saturated rings. The highest BCUT2D eigenvalue weighted by Crippen LogP contribution is 2.36. The molecule has 2 atom stereocenters. The number of hydrogen-bond acceptors (Lipinski definition) is 5. The predicted molar refractivity (Wildman–Crippen MR) is 132 cm³/mol. The molecule has 2 aromatic heterocycles. The van der Waals surface area contributed by atoms with Crippen LogP contribution in [-0.2, 0) is 18.9 Å². The fourth-order valence-corrected chi connectivity index (χ4v) is 4.84. The quantitative estimate of drug-likeness (QED) is 0.310. The Kier molecular flexibility index (Phi) is 7.78. The highest BCUT2D eigenvalue weighted by atomic mass is 35.5. The molecule has 0 radical (unpaired) electrons. The van der Waals surface area contributed by atoms with Gasteiger partial charge in [-0.3, -0.25) is 9.48 Å². The lowest BCUT2D eigenvalue weighted by Gasteiger charge is -2.31. The average molecular weight is 578 g/mol. The van der Waals surface area contributed by atoms with Crippen LogP contribution in [0.4, 0.5) is 32.0 Å². The third-order valence-corrected chi connectivity index (χ3v) is 6.49. The molecule has 1 aliphatic rings. The van der Waals surface area contributed by atoms with Crippen molar-refractivity contribution in [2.45, 2.75) is 76.1 Å². The van der Waals surface area contributed by atoms with Gasteiger partial charge in [-0.05, 0) is 63.8 Å².